The Labute approximate surface area is 145 Å². The molecule has 0 bridgehead atoms. The van der Waals surface area contributed by atoms with Gasteiger partial charge in [0.25, 0.3) is 0 Å². The van der Waals surface area contributed by atoms with E-state index < -0.39 is 5.97 Å². The number of H-pyrrole nitrogens is 1. The average molecular weight is 346 g/mol. The van der Waals surface area contributed by atoms with Gasteiger partial charge in [-0.2, -0.15) is 0 Å². The second-order valence-electron chi connectivity index (χ2n) is 5.83. The van der Waals surface area contributed by atoms with Gasteiger partial charge >= 0.3 is 5.97 Å². The summed E-state index contributed by atoms with van der Waals surface area (Å²) < 4.78 is 10.6. The number of ether oxygens (including phenoxy) is 2. The largest absolute Gasteiger partial charge is 0.490 e. The number of nitrogens with two attached hydrogens (primary N) is 1. The summed E-state index contributed by atoms with van der Waals surface area (Å²) in [5.41, 5.74) is 7.92. The zero-order valence-electron chi connectivity index (χ0n) is 14.2. The van der Waals surface area contributed by atoms with Crippen molar-refractivity contribution in [1.29, 1.82) is 0 Å². The Morgan fingerprint density at radius 2 is 2.04 bits per heavy atom. The van der Waals surface area contributed by atoms with E-state index in [1.807, 2.05) is 37.3 Å². The molecule has 1 aromatic heterocycles. The number of nitrogens with one attached hydrogen (secondary N) is 1. The minimum Gasteiger partial charge on any atom is -0.490 e. The highest BCUT2D eigenvalue weighted by Gasteiger charge is 2.23. The molecule has 7 heteroatoms. The topological polar surface area (TPSA) is 118 Å². The molecule has 1 aliphatic rings. The van der Waals surface area contributed by atoms with E-state index in [1.165, 1.54) is 0 Å². The van der Waals surface area contributed by atoms with Gasteiger partial charge in [0.05, 0.1) is 13.0 Å². The van der Waals surface area contributed by atoms with Gasteiger partial charge in [-0.1, -0.05) is 18.2 Å². The molecule has 0 saturated carbocycles. The van der Waals surface area contributed by atoms with Crippen LogP contribution in [0.2, 0.25) is 0 Å². The SMILES string of the molecule is Cc1cc(C)c(C(=O)O)[nH]1.NC(=O)Cc1ccccc1OCC1CO1. The number of carboxylic acids is 1. The second kappa shape index (κ2) is 8.34. The van der Waals surface area contributed by atoms with Crippen molar-refractivity contribution < 1.29 is 24.2 Å². The number of hydrogen-bond acceptors (Lipinski definition) is 4. The number of carbonyl (C=O) groups excluding carboxylic acids is 1. The normalized spacial score (nSPS) is 15.0. The van der Waals surface area contributed by atoms with Crippen molar-refractivity contribution in [2.45, 2.75) is 26.4 Å². The van der Waals surface area contributed by atoms with Crippen LogP contribution in [-0.4, -0.2) is 41.3 Å². The molecule has 0 radical (unpaired) electrons. The zero-order valence-corrected chi connectivity index (χ0v) is 14.2. The fourth-order valence-corrected chi connectivity index (χ4v) is 2.28. The molecule has 7 nitrogen and oxygen atoms in total. The van der Waals surface area contributed by atoms with Crippen LogP contribution in [-0.2, 0) is 16.0 Å². The van der Waals surface area contributed by atoms with Gasteiger partial charge < -0.3 is 25.3 Å². The van der Waals surface area contributed by atoms with Crippen LogP contribution in [0.4, 0.5) is 0 Å². The number of primary amides is 1. The number of carbonyl (C=O) groups is 2. The summed E-state index contributed by atoms with van der Waals surface area (Å²) in [6, 6.07) is 9.21. The zero-order chi connectivity index (χ0) is 18.4. The highest BCUT2D eigenvalue weighted by Crippen LogP contribution is 2.20. The van der Waals surface area contributed by atoms with Gasteiger partial charge in [0, 0.05) is 11.3 Å². The molecule has 0 aliphatic carbocycles. The molecule has 134 valence electrons. The second-order valence-corrected chi connectivity index (χ2v) is 5.83. The Balaban J connectivity index is 0.000000196. The number of benzene rings is 1. The van der Waals surface area contributed by atoms with Crippen molar-refractivity contribution in [2.75, 3.05) is 13.2 Å². The Hall–Kier alpha value is -2.80. The minimum absolute atomic E-state index is 0.210. The predicted octanol–water partition coefficient (Wildman–Crippen LogP) is 1.82. The molecule has 2 heterocycles. The number of para-hydroxylation sites is 1. The molecule has 1 fully saturated rings. The van der Waals surface area contributed by atoms with E-state index >= 15 is 0 Å². The van der Waals surface area contributed by atoms with Gasteiger partial charge in [-0.05, 0) is 31.5 Å². The van der Waals surface area contributed by atoms with Crippen molar-refractivity contribution in [1.82, 2.24) is 4.98 Å². The van der Waals surface area contributed by atoms with E-state index in [9.17, 15) is 9.59 Å². The van der Waals surface area contributed by atoms with Crippen LogP contribution < -0.4 is 10.5 Å². The summed E-state index contributed by atoms with van der Waals surface area (Å²) in [6.07, 6.45) is 0.424. The number of epoxide rings is 1. The lowest BCUT2D eigenvalue weighted by Gasteiger charge is -2.08. The lowest BCUT2D eigenvalue weighted by Crippen LogP contribution is -2.15. The van der Waals surface area contributed by atoms with Gasteiger partial charge in [-0.15, -0.1) is 0 Å². The van der Waals surface area contributed by atoms with Crippen LogP contribution in [0, 0.1) is 13.8 Å². The van der Waals surface area contributed by atoms with Crippen molar-refractivity contribution in [3.63, 3.8) is 0 Å². The summed E-state index contributed by atoms with van der Waals surface area (Å²) in [5.74, 6) is -0.536. The number of aromatic carboxylic acids is 1. The maximum atomic E-state index is 10.8. The summed E-state index contributed by atoms with van der Waals surface area (Å²) >= 11 is 0. The molecular formula is C18H22N2O5. The lowest BCUT2D eigenvalue weighted by atomic mass is 10.1. The minimum atomic E-state index is -0.898. The molecule has 4 N–H and O–H groups in total. The monoisotopic (exact) mass is 346 g/mol. The maximum absolute atomic E-state index is 10.8. The van der Waals surface area contributed by atoms with Gasteiger partial charge in [-0.25, -0.2) is 4.79 Å². The first-order chi connectivity index (χ1) is 11.9. The first kappa shape index (κ1) is 18.5. The first-order valence-corrected chi connectivity index (χ1v) is 7.87. The number of carboxylic acid groups (broad SMARTS) is 1. The predicted molar refractivity (Wildman–Crippen MR) is 91.8 cm³/mol. The standard InChI is InChI=1S/C11H13NO3.C7H9NO2/c12-11(13)5-8-3-1-2-4-10(8)15-7-9-6-14-9;1-4-3-5(2)8-6(4)7(9)10/h1-4,9H,5-7H2,(H2,12,13);3,8H,1-2H3,(H,9,10). The van der Waals surface area contributed by atoms with Crippen molar-refractivity contribution in [3.05, 3.63) is 52.8 Å². The lowest BCUT2D eigenvalue weighted by molar-refractivity contribution is -0.117. The fraction of sp³-hybridized carbons (Fsp3) is 0.333. The van der Waals surface area contributed by atoms with E-state index in [4.69, 9.17) is 20.3 Å². The molecule has 2 aromatic rings. The Morgan fingerprint density at radius 3 is 2.52 bits per heavy atom. The highest BCUT2D eigenvalue weighted by atomic mass is 16.6. The van der Waals surface area contributed by atoms with Gasteiger partial charge in [0.2, 0.25) is 5.91 Å². The Kier molecular flexibility index (Phi) is 6.19. The van der Waals surface area contributed by atoms with Crippen LogP contribution >= 0.6 is 0 Å². The van der Waals surface area contributed by atoms with Gasteiger partial charge in [0.1, 0.15) is 24.2 Å². The summed E-state index contributed by atoms with van der Waals surface area (Å²) in [7, 11) is 0. The third-order valence-electron chi connectivity index (χ3n) is 3.53. The van der Waals surface area contributed by atoms with Gasteiger partial charge in [0.15, 0.2) is 0 Å². The number of aryl methyl sites for hydroxylation is 2. The van der Waals surface area contributed by atoms with Crippen molar-refractivity contribution in [2.24, 2.45) is 5.73 Å². The molecule has 3 rings (SSSR count). The van der Waals surface area contributed by atoms with Gasteiger partial charge in [-0.3, -0.25) is 4.79 Å². The number of hydrogen-bond donors (Lipinski definition) is 3. The quantitative estimate of drug-likeness (QED) is 0.690. The molecular weight excluding hydrogens is 324 g/mol. The van der Waals surface area contributed by atoms with E-state index in [0.29, 0.717) is 12.4 Å². The summed E-state index contributed by atoms with van der Waals surface area (Å²) in [6.45, 7) is 4.90. The molecule has 1 amide bonds. The third kappa shape index (κ3) is 5.96. The average Bonchev–Trinajstić information content (AvgIpc) is 3.30. The van der Waals surface area contributed by atoms with E-state index in [-0.39, 0.29) is 24.1 Å². The Bertz CT molecular complexity index is 750. The van der Waals surface area contributed by atoms with E-state index in [1.54, 1.807) is 6.92 Å². The first-order valence-electron chi connectivity index (χ1n) is 7.87. The van der Waals surface area contributed by atoms with Crippen LogP contribution in [0.25, 0.3) is 0 Å². The van der Waals surface area contributed by atoms with Crippen molar-refractivity contribution >= 4 is 11.9 Å². The number of amides is 1. The molecule has 1 atom stereocenters. The van der Waals surface area contributed by atoms with Crippen molar-refractivity contribution in [3.8, 4) is 5.75 Å². The van der Waals surface area contributed by atoms with Crippen LogP contribution in [0.15, 0.2) is 30.3 Å². The van der Waals surface area contributed by atoms with E-state index in [0.717, 1.165) is 23.4 Å². The number of aromatic amines is 1. The molecule has 1 saturated heterocycles. The molecule has 0 spiro atoms. The molecule has 25 heavy (non-hydrogen) atoms. The molecule has 1 aromatic carbocycles. The van der Waals surface area contributed by atoms with Crippen LogP contribution in [0.5, 0.6) is 5.75 Å². The smallest absolute Gasteiger partial charge is 0.352 e. The summed E-state index contributed by atoms with van der Waals surface area (Å²) in [4.78, 5) is 24.0. The number of rotatable bonds is 6. The summed E-state index contributed by atoms with van der Waals surface area (Å²) in [5, 5.41) is 8.55. The Morgan fingerprint density at radius 1 is 1.36 bits per heavy atom. The molecule has 1 unspecified atom stereocenters. The van der Waals surface area contributed by atoms with E-state index in [2.05, 4.69) is 4.98 Å². The third-order valence-corrected chi connectivity index (χ3v) is 3.53. The molecule has 1 aliphatic heterocycles. The highest BCUT2D eigenvalue weighted by molar-refractivity contribution is 5.87. The number of aromatic nitrogens is 1. The fourth-order valence-electron chi connectivity index (χ4n) is 2.28. The van der Waals surface area contributed by atoms with Crippen LogP contribution in [0.3, 0.4) is 0 Å². The van der Waals surface area contributed by atoms with Crippen LogP contribution in [0.1, 0.15) is 27.3 Å². The maximum Gasteiger partial charge on any atom is 0.352 e.